The van der Waals surface area contributed by atoms with Crippen molar-refractivity contribution < 1.29 is 13.6 Å². The van der Waals surface area contributed by atoms with Crippen molar-refractivity contribution in [2.24, 2.45) is 5.92 Å². The summed E-state index contributed by atoms with van der Waals surface area (Å²) in [6.45, 7) is 4.91. The molecule has 0 spiro atoms. The van der Waals surface area contributed by atoms with Crippen LogP contribution >= 0.6 is 0 Å². The summed E-state index contributed by atoms with van der Waals surface area (Å²) < 4.78 is 18.9. The number of hydrogen-bond acceptors (Lipinski definition) is 2. The normalized spacial score (nSPS) is 13.2. The van der Waals surface area contributed by atoms with Gasteiger partial charge in [0.05, 0.1) is 6.26 Å². The van der Waals surface area contributed by atoms with Crippen LogP contribution in [0, 0.1) is 11.7 Å². The molecule has 2 unspecified atom stereocenters. The summed E-state index contributed by atoms with van der Waals surface area (Å²) in [5.74, 6) is 1.26. The van der Waals surface area contributed by atoms with E-state index in [9.17, 15) is 9.18 Å². The summed E-state index contributed by atoms with van der Waals surface area (Å²) in [5, 5.41) is 3.06. The number of halogens is 1. The first-order chi connectivity index (χ1) is 14.0. The van der Waals surface area contributed by atoms with Crippen LogP contribution in [0.5, 0.6) is 0 Å². The van der Waals surface area contributed by atoms with Gasteiger partial charge < -0.3 is 9.73 Å². The Balaban J connectivity index is 1.63. The van der Waals surface area contributed by atoms with Gasteiger partial charge >= 0.3 is 0 Å². The van der Waals surface area contributed by atoms with Gasteiger partial charge in [-0.2, -0.15) is 0 Å². The molecule has 4 heteroatoms. The zero-order valence-corrected chi connectivity index (χ0v) is 17.0. The van der Waals surface area contributed by atoms with Gasteiger partial charge in [0, 0.05) is 24.8 Å². The second-order valence-electron chi connectivity index (χ2n) is 7.72. The van der Waals surface area contributed by atoms with Crippen LogP contribution in [0.3, 0.4) is 0 Å². The summed E-state index contributed by atoms with van der Waals surface area (Å²) in [4.78, 5) is 12.7. The van der Waals surface area contributed by atoms with E-state index < -0.39 is 0 Å². The minimum absolute atomic E-state index is 0.00914. The Bertz CT molecular complexity index is 873. The van der Waals surface area contributed by atoms with Crippen molar-refractivity contribution in [2.45, 2.75) is 38.5 Å². The SMILES string of the molecule is CC(C)C(CCNC(=O)CC(c1ccccc1)c1ccc(F)cc1)c1ccco1. The average Bonchev–Trinajstić information content (AvgIpc) is 3.25. The highest BCUT2D eigenvalue weighted by Gasteiger charge is 2.21. The summed E-state index contributed by atoms with van der Waals surface area (Å²) in [5.41, 5.74) is 1.98. The Morgan fingerprint density at radius 1 is 0.966 bits per heavy atom. The van der Waals surface area contributed by atoms with Gasteiger partial charge in [-0.05, 0) is 47.7 Å². The zero-order chi connectivity index (χ0) is 20.6. The summed E-state index contributed by atoms with van der Waals surface area (Å²) in [7, 11) is 0. The number of nitrogens with one attached hydrogen (secondary N) is 1. The lowest BCUT2D eigenvalue weighted by atomic mass is 9.88. The molecule has 0 aliphatic heterocycles. The van der Waals surface area contributed by atoms with Gasteiger partial charge in [0.2, 0.25) is 5.91 Å². The Kier molecular flexibility index (Phi) is 7.23. The molecule has 0 saturated carbocycles. The highest BCUT2D eigenvalue weighted by atomic mass is 19.1. The minimum Gasteiger partial charge on any atom is -0.469 e. The second kappa shape index (κ2) is 10.1. The molecule has 0 saturated heterocycles. The molecule has 29 heavy (non-hydrogen) atoms. The fourth-order valence-electron chi connectivity index (χ4n) is 3.74. The minimum atomic E-state index is -0.275. The van der Waals surface area contributed by atoms with E-state index in [1.165, 1.54) is 12.1 Å². The van der Waals surface area contributed by atoms with E-state index in [1.807, 2.05) is 42.5 Å². The van der Waals surface area contributed by atoms with Crippen molar-refractivity contribution in [3.63, 3.8) is 0 Å². The molecular weight excluding hydrogens is 365 g/mol. The number of rotatable bonds is 9. The first-order valence-electron chi connectivity index (χ1n) is 10.1. The number of benzene rings is 2. The number of carbonyl (C=O) groups excluding carboxylic acids is 1. The van der Waals surface area contributed by atoms with Crippen LogP contribution in [-0.2, 0) is 4.79 Å². The molecule has 0 aliphatic rings. The van der Waals surface area contributed by atoms with Gasteiger partial charge in [-0.15, -0.1) is 0 Å². The molecule has 1 aromatic heterocycles. The van der Waals surface area contributed by atoms with Crippen molar-refractivity contribution in [2.75, 3.05) is 6.54 Å². The van der Waals surface area contributed by atoms with Gasteiger partial charge in [-0.3, -0.25) is 4.79 Å². The van der Waals surface area contributed by atoms with Gasteiger partial charge in [0.25, 0.3) is 0 Å². The van der Waals surface area contributed by atoms with Crippen LogP contribution in [0.2, 0.25) is 0 Å². The largest absolute Gasteiger partial charge is 0.469 e. The van der Waals surface area contributed by atoms with Crippen molar-refractivity contribution in [3.8, 4) is 0 Å². The lowest BCUT2D eigenvalue weighted by molar-refractivity contribution is -0.121. The topological polar surface area (TPSA) is 42.2 Å². The first kappa shape index (κ1) is 20.8. The van der Waals surface area contributed by atoms with Gasteiger partial charge in [0.15, 0.2) is 0 Å². The third-order valence-corrected chi connectivity index (χ3v) is 5.35. The van der Waals surface area contributed by atoms with Gasteiger partial charge in [-0.25, -0.2) is 4.39 Å². The van der Waals surface area contributed by atoms with Gasteiger partial charge in [0.1, 0.15) is 11.6 Å². The highest BCUT2D eigenvalue weighted by molar-refractivity contribution is 5.77. The maximum Gasteiger partial charge on any atom is 0.220 e. The third kappa shape index (κ3) is 5.80. The van der Waals surface area contributed by atoms with E-state index in [1.54, 1.807) is 18.4 Å². The maximum absolute atomic E-state index is 13.4. The van der Waals surface area contributed by atoms with Crippen LogP contribution in [-0.4, -0.2) is 12.5 Å². The number of carbonyl (C=O) groups is 1. The fraction of sp³-hybridized carbons (Fsp3) is 0.320. The zero-order valence-electron chi connectivity index (χ0n) is 17.0. The summed E-state index contributed by atoms with van der Waals surface area (Å²) in [6.07, 6.45) is 2.84. The van der Waals surface area contributed by atoms with E-state index in [0.29, 0.717) is 18.9 Å². The fourth-order valence-corrected chi connectivity index (χ4v) is 3.74. The smallest absolute Gasteiger partial charge is 0.220 e. The van der Waals surface area contributed by atoms with Crippen LogP contribution in [0.25, 0.3) is 0 Å². The van der Waals surface area contributed by atoms with E-state index in [0.717, 1.165) is 23.3 Å². The monoisotopic (exact) mass is 393 g/mol. The molecule has 2 atom stereocenters. The third-order valence-electron chi connectivity index (χ3n) is 5.35. The highest BCUT2D eigenvalue weighted by Crippen LogP contribution is 2.29. The van der Waals surface area contributed by atoms with E-state index in [4.69, 9.17) is 4.42 Å². The van der Waals surface area contributed by atoms with Crippen LogP contribution in [0.1, 0.15) is 55.4 Å². The average molecular weight is 394 g/mol. The molecule has 3 rings (SSSR count). The molecule has 1 amide bonds. The molecule has 0 fully saturated rings. The van der Waals surface area contributed by atoms with Crippen molar-refractivity contribution in [3.05, 3.63) is 95.7 Å². The molecular formula is C25H28FNO2. The maximum atomic E-state index is 13.4. The first-order valence-corrected chi connectivity index (χ1v) is 10.1. The quantitative estimate of drug-likeness (QED) is 0.493. The number of hydrogen-bond donors (Lipinski definition) is 1. The second-order valence-corrected chi connectivity index (χ2v) is 7.72. The number of furan rings is 1. The van der Waals surface area contributed by atoms with E-state index in [2.05, 4.69) is 19.2 Å². The lowest BCUT2D eigenvalue weighted by Crippen LogP contribution is -2.28. The van der Waals surface area contributed by atoms with Crippen molar-refractivity contribution >= 4 is 5.91 Å². The Morgan fingerprint density at radius 2 is 1.66 bits per heavy atom. The molecule has 3 aromatic rings. The van der Waals surface area contributed by atoms with E-state index >= 15 is 0 Å². The van der Waals surface area contributed by atoms with Crippen LogP contribution in [0.4, 0.5) is 4.39 Å². The number of amides is 1. The summed E-state index contributed by atoms with van der Waals surface area (Å²) in [6, 6.07) is 20.2. The molecule has 0 radical (unpaired) electrons. The Labute approximate surface area is 172 Å². The van der Waals surface area contributed by atoms with Crippen molar-refractivity contribution in [1.82, 2.24) is 5.32 Å². The lowest BCUT2D eigenvalue weighted by Gasteiger charge is -2.20. The molecule has 1 heterocycles. The molecule has 3 nitrogen and oxygen atoms in total. The summed E-state index contributed by atoms with van der Waals surface area (Å²) >= 11 is 0. The molecule has 2 aromatic carbocycles. The molecule has 0 bridgehead atoms. The molecule has 152 valence electrons. The van der Waals surface area contributed by atoms with E-state index in [-0.39, 0.29) is 23.6 Å². The van der Waals surface area contributed by atoms with Crippen LogP contribution in [0.15, 0.2) is 77.4 Å². The van der Waals surface area contributed by atoms with Gasteiger partial charge in [-0.1, -0.05) is 56.3 Å². The Hall–Kier alpha value is -2.88. The Morgan fingerprint density at radius 3 is 2.28 bits per heavy atom. The molecule has 0 aliphatic carbocycles. The predicted octanol–water partition coefficient (Wildman–Crippen LogP) is 5.89. The molecule has 1 N–H and O–H groups in total. The van der Waals surface area contributed by atoms with Crippen molar-refractivity contribution in [1.29, 1.82) is 0 Å². The van der Waals surface area contributed by atoms with Crippen LogP contribution < -0.4 is 5.32 Å². The standard InChI is InChI=1S/C25H28FNO2/c1-18(2)22(24-9-6-16-29-24)14-15-27-25(28)17-23(19-7-4-3-5-8-19)20-10-12-21(26)13-11-20/h3-13,16,18,22-23H,14-15,17H2,1-2H3,(H,27,28). The predicted molar refractivity (Wildman–Crippen MR) is 113 cm³/mol.